The standard InChI is InChI=1S/C27H33F3N2O4/c1-26(2,3)20-9-13-22(14-10-20)32(17-18-5-7-19(8-6-18)24(33)35-4)25(34)31-21-11-15-23(16-12-21)36-27(28,29)30/h5-8,11-12,15-16,20,22H,9-10,13-14,17H2,1-4H3,(H,31,34)/t20-,22+. The Bertz CT molecular complexity index is 1020. The molecule has 0 aliphatic heterocycles. The molecule has 3 rings (SSSR count). The molecule has 0 aromatic heterocycles. The number of rotatable bonds is 6. The molecule has 1 fully saturated rings. The Morgan fingerprint density at radius 3 is 2.03 bits per heavy atom. The van der Waals surface area contributed by atoms with Gasteiger partial charge in [0.15, 0.2) is 0 Å². The van der Waals surface area contributed by atoms with Gasteiger partial charge in [0.1, 0.15) is 5.75 Å². The molecule has 0 bridgehead atoms. The topological polar surface area (TPSA) is 67.9 Å². The molecule has 0 unspecified atom stereocenters. The number of alkyl halides is 3. The first-order valence-electron chi connectivity index (χ1n) is 12.0. The minimum atomic E-state index is -4.78. The summed E-state index contributed by atoms with van der Waals surface area (Å²) in [6.45, 7) is 7.03. The Morgan fingerprint density at radius 2 is 1.53 bits per heavy atom. The van der Waals surface area contributed by atoms with E-state index in [4.69, 9.17) is 4.74 Å². The van der Waals surface area contributed by atoms with Gasteiger partial charge < -0.3 is 19.7 Å². The number of esters is 1. The Hall–Kier alpha value is -3.23. The summed E-state index contributed by atoms with van der Waals surface area (Å²) in [6.07, 6.45) is -1.07. The predicted molar refractivity (Wildman–Crippen MR) is 131 cm³/mol. The lowest BCUT2D eigenvalue weighted by molar-refractivity contribution is -0.274. The molecule has 1 aliphatic rings. The molecule has 0 spiro atoms. The van der Waals surface area contributed by atoms with Crippen LogP contribution in [0, 0.1) is 11.3 Å². The van der Waals surface area contributed by atoms with E-state index >= 15 is 0 Å². The van der Waals surface area contributed by atoms with Crippen molar-refractivity contribution in [2.75, 3.05) is 12.4 Å². The first-order chi connectivity index (χ1) is 16.9. The van der Waals surface area contributed by atoms with Gasteiger partial charge in [-0.1, -0.05) is 32.9 Å². The zero-order valence-electron chi connectivity index (χ0n) is 21.0. The van der Waals surface area contributed by atoms with E-state index in [0.717, 1.165) is 43.4 Å². The Kier molecular flexibility index (Phi) is 8.53. The van der Waals surface area contributed by atoms with Crippen molar-refractivity contribution in [2.45, 2.75) is 65.4 Å². The van der Waals surface area contributed by atoms with Crippen molar-refractivity contribution in [3.63, 3.8) is 0 Å². The number of benzene rings is 2. The number of halogens is 3. The summed E-state index contributed by atoms with van der Waals surface area (Å²) in [5.41, 5.74) is 1.83. The van der Waals surface area contributed by atoms with Gasteiger partial charge in [-0.25, -0.2) is 9.59 Å². The summed E-state index contributed by atoms with van der Waals surface area (Å²) in [5.74, 6) is -0.225. The summed E-state index contributed by atoms with van der Waals surface area (Å²) in [4.78, 5) is 26.9. The summed E-state index contributed by atoms with van der Waals surface area (Å²) in [5, 5.41) is 2.81. The number of nitrogens with zero attached hydrogens (tertiary/aromatic N) is 1. The Labute approximate surface area is 209 Å². The van der Waals surface area contributed by atoms with Crippen LogP contribution in [-0.2, 0) is 11.3 Å². The quantitative estimate of drug-likeness (QED) is 0.428. The van der Waals surface area contributed by atoms with E-state index in [1.54, 1.807) is 29.2 Å². The third-order valence-corrected chi connectivity index (χ3v) is 6.69. The second kappa shape index (κ2) is 11.2. The van der Waals surface area contributed by atoms with Gasteiger partial charge in [0, 0.05) is 18.3 Å². The predicted octanol–water partition coefficient (Wildman–Crippen LogP) is 7.01. The first kappa shape index (κ1) is 27.4. The molecule has 6 nitrogen and oxygen atoms in total. The van der Waals surface area contributed by atoms with Crippen molar-refractivity contribution in [2.24, 2.45) is 11.3 Å². The smallest absolute Gasteiger partial charge is 0.465 e. The molecule has 36 heavy (non-hydrogen) atoms. The van der Waals surface area contributed by atoms with Gasteiger partial charge in [0.25, 0.3) is 0 Å². The van der Waals surface area contributed by atoms with Crippen LogP contribution in [0.4, 0.5) is 23.7 Å². The number of urea groups is 1. The average Bonchev–Trinajstić information content (AvgIpc) is 2.82. The summed E-state index contributed by atoms with van der Waals surface area (Å²) < 4.78 is 46.0. The molecule has 0 saturated heterocycles. The fraction of sp³-hybridized carbons (Fsp3) is 0.481. The fourth-order valence-corrected chi connectivity index (χ4v) is 4.62. The molecule has 1 saturated carbocycles. The van der Waals surface area contributed by atoms with E-state index in [0.29, 0.717) is 23.7 Å². The third-order valence-electron chi connectivity index (χ3n) is 6.69. The second-order valence-corrected chi connectivity index (χ2v) is 10.2. The second-order valence-electron chi connectivity index (χ2n) is 10.2. The Balaban J connectivity index is 1.75. The number of amides is 2. The molecule has 2 aromatic rings. The highest BCUT2D eigenvalue weighted by Gasteiger charge is 2.34. The van der Waals surface area contributed by atoms with Crippen LogP contribution in [0.5, 0.6) is 5.75 Å². The monoisotopic (exact) mass is 506 g/mol. The molecule has 0 heterocycles. The number of carbonyl (C=O) groups is 2. The number of ether oxygens (including phenoxy) is 2. The molecule has 196 valence electrons. The van der Waals surface area contributed by atoms with E-state index in [-0.39, 0.29) is 23.2 Å². The normalized spacial score (nSPS) is 18.3. The van der Waals surface area contributed by atoms with Crippen LogP contribution >= 0.6 is 0 Å². The SMILES string of the molecule is COC(=O)c1ccc(CN(C(=O)Nc2ccc(OC(F)(F)F)cc2)[C@H]2CC[C@@H](C(C)(C)C)CC2)cc1. The maximum Gasteiger partial charge on any atom is 0.573 e. The van der Waals surface area contributed by atoms with Crippen molar-refractivity contribution in [3.05, 3.63) is 59.7 Å². The van der Waals surface area contributed by atoms with E-state index in [2.05, 4.69) is 30.8 Å². The van der Waals surface area contributed by atoms with Crippen LogP contribution in [-0.4, -0.2) is 36.4 Å². The van der Waals surface area contributed by atoms with Crippen LogP contribution in [0.25, 0.3) is 0 Å². The van der Waals surface area contributed by atoms with Gasteiger partial charge in [0.05, 0.1) is 12.7 Å². The van der Waals surface area contributed by atoms with Gasteiger partial charge in [-0.2, -0.15) is 0 Å². The summed E-state index contributed by atoms with van der Waals surface area (Å²) in [7, 11) is 1.32. The van der Waals surface area contributed by atoms with Crippen LogP contribution < -0.4 is 10.1 Å². The van der Waals surface area contributed by atoms with Crippen LogP contribution in [0.15, 0.2) is 48.5 Å². The van der Waals surface area contributed by atoms with Gasteiger partial charge in [0.2, 0.25) is 0 Å². The lowest BCUT2D eigenvalue weighted by Crippen LogP contribution is -2.45. The van der Waals surface area contributed by atoms with Gasteiger partial charge in [-0.3, -0.25) is 0 Å². The lowest BCUT2D eigenvalue weighted by Gasteiger charge is -2.41. The van der Waals surface area contributed by atoms with Crippen molar-refractivity contribution in [3.8, 4) is 5.75 Å². The highest BCUT2D eigenvalue weighted by Crippen LogP contribution is 2.39. The number of hydrogen-bond acceptors (Lipinski definition) is 4. The largest absolute Gasteiger partial charge is 0.573 e. The average molecular weight is 507 g/mol. The first-order valence-corrected chi connectivity index (χ1v) is 12.0. The zero-order chi connectivity index (χ0) is 26.5. The van der Waals surface area contributed by atoms with Gasteiger partial charge >= 0.3 is 18.4 Å². The highest BCUT2D eigenvalue weighted by atomic mass is 19.4. The van der Waals surface area contributed by atoms with Crippen molar-refractivity contribution >= 4 is 17.7 Å². The maximum atomic E-state index is 13.4. The Morgan fingerprint density at radius 1 is 0.944 bits per heavy atom. The van der Waals surface area contributed by atoms with Crippen LogP contribution in [0.2, 0.25) is 0 Å². The highest BCUT2D eigenvalue weighted by molar-refractivity contribution is 5.90. The van der Waals surface area contributed by atoms with Crippen molar-refractivity contribution in [1.29, 1.82) is 0 Å². The van der Waals surface area contributed by atoms with Crippen LogP contribution in [0.3, 0.4) is 0 Å². The zero-order valence-corrected chi connectivity index (χ0v) is 21.0. The number of carbonyl (C=O) groups excluding carboxylic acids is 2. The van der Waals surface area contributed by atoms with Crippen molar-refractivity contribution in [1.82, 2.24) is 4.90 Å². The number of methoxy groups -OCH3 is 1. The molecule has 2 amide bonds. The van der Waals surface area contributed by atoms with E-state index in [1.807, 2.05) is 0 Å². The minimum absolute atomic E-state index is 0.0109. The molecule has 0 radical (unpaired) electrons. The minimum Gasteiger partial charge on any atom is -0.465 e. The molecule has 2 aromatic carbocycles. The number of hydrogen-bond donors (Lipinski definition) is 1. The molecular formula is C27H33F3N2O4. The maximum absolute atomic E-state index is 13.4. The van der Waals surface area contributed by atoms with Gasteiger partial charge in [-0.05, 0) is 79.0 Å². The summed E-state index contributed by atoms with van der Waals surface area (Å²) >= 11 is 0. The third kappa shape index (κ3) is 7.63. The fourth-order valence-electron chi connectivity index (χ4n) is 4.62. The molecule has 9 heteroatoms. The van der Waals surface area contributed by atoms with E-state index in [9.17, 15) is 22.8 Å². The van der Waals surface area contributed by atoms with E-state index in [1.165, 1.54) is 19.2 Å². The van der Waals surface area contributed by atoms with Gasteiger partial charge in [-0.15, -0.1) is 13.2 Å². The molecule has 1 aliphatic carbocycles. The van der Waals surface area contributed by atoms with E-state index < -0.39 is 12.3 Å². The molecular weight excluding hydrogens is 473 g/mol. The van der Waals surface area contributed by atoms with Crippen LogP contribution in [0.1, 0.15) is 62.4 Å². The number of nitrogens with one attached hydrogen (secondary N) is 1. The molecule has 1 N–H and O–H groups in total. The summed E-state index contributed by atoms with van der Waals surface area (Å²) in [6, 6.07) is 11.6. The molecule has 0 atom stereocenters. The number of anilines is 1. The van der Waals surface area contributed by atoms with Crippen molar-refractivity contribution < 1.29 is 32.2 Å². The lowest BCUT2D eigenvalue weighted by atomic mass is 9.71.